The van der Waals surface area contributed by atoms with E-state index in [1.165, 1.54) is 4.90 Å². The van der Waals surface area contributed by atoms with Crippen molar-refractivity contribution < 1.29 is 9.13 Å². The fourth-order valence-corrected chi connectivity index (χ4v) is 7.07. The molecule has 1 fully saturated rings. The number of aromatic amines is 1. The van der Waals surface area contributed by atoms with Gasteiger partial charge in [0.1, 0.15) is 18.8 Å². The maximum Gasteiger partial charge on any atom is 0.249 e. The Kier molecular flexibility index (Phi) is 7.10. The number of ether oxygens (including phenoxy) is 1. The zero-order valence-electron chi connectivity index (χ0n) is 20.7. The number of anilines is 2. The lowest BCUT2D eigenvalue weighted by atomic mass is 10.1. The molecule has 38 heavy (non-hydrogen) atoms. The third kappa shape index (κ3) is 5.16. The van der Waals surface area contributed by atoms with E-state index in [0.717, 1.165) is 43.7 Å². The van der Waals surface area contributed by atoms with Crippen molar-refractivity contribution in [2.75, 3.05) is 36.6 Å². The van der Waals surface area contributed by atoms with E-state index >= 15 is 0 Å². The van der Waals surface area contributed by atoms with E-state index in [-0.39, 0.29) is 11.7 Å². The standard InChI is InChI=1S/C28H26FN5O2S2/c1-17-14-31-28(32-15-17)21(13-29)33-18-5-6-23-25(11-18)37-24-4-2-3-20(27(24)38-23)22-16-34(9-10-36-22)19-7-8-30-26(35)12-19/h2-8,11-12,14-15,21-22,33H,9-10,13,16H2,1H3,(H,30,35). The lowest BCUT2D eigenvalue weighted by Gasteiger charge is -2.36. The molecular weight excluding hydrogens is 521 g/mol. The maximum atomic E-state index is 13.9. The molecule has 6 rings (SSSR count). The molecular formula is C28H26FN5O2S2. The molecule has 4 aromatic rings. The number of nitrogens with one attached hydrogen (secondary N) is 2. The molecule has 2 aromatic heterocycles. The van der Waals surface area contributed by atoms with Crippen molar-refractivity contribution in [2.45, 2.75) is 38.7 Å². The van der Waals surface area contributed by atoms with E-state index < -0.39 is 12.7 Å². The van der Waals surface area contributed by atoms with Crippen LogP contribution in [0.15, 0.2) is 91.5 Å². The van der Waals surface area contributed by atoms with Crippen LogP contribution in [0.3, 0.4) is 0 Å². The summed E-state index contributed by atoms with van der Waals surface area (Å²) in [5, 5.41) is 3.25. The molecule has 0 bridgehead atoms. The highest BCUT2D eigenvalue weighted by Crippen LogP contribution is 2.52. The summed E-state index contributed by atoms with van der Waals surface area (Å²) in [6.07, 6.45) is 4.99. The Morgan fingerprint density at radius 3 is 2.82 bits per heavy atom. The van der Waals surface area contributed by atoms with Crippen molar-refractivity contribution in [3.8, 4) is 0 Å². The van der Waals surface area contributed by atoms with Gasteiger partial charge in [0.25, 0.3) is 0 Å². The number of fused-ring (bicyclic) bond motifs is 2. The van der Waals surface area contributed by atoms with Crippen LogP contribution < -0.4 is 15.8 Å². The number of aromatic nitrogens is 3. The molecule has 2 aliphatic rings. The van der Waals surface area contributed by atoms with Gasteiger partial charge in [-0.05, 0) is 48.4 Å². The Bertz CT molecular complexity index is 1510. The zero-order chi connectivity index (χ0) is 26.1. The average Bonchev–Trinajstić information content (AvgIpc) is 2.95. The fraction of sp³-hybridized carbons (Fsp3) is 0.250. The van der Waals surface area contributed by atoms with E-state index in [0.29, 0.717) is 19.0 Å². The van der Waals surface area contributed by atoms with Crippen LogP contribution in [-0.4, -0.2) is 41.3 Å². The topological polar surface area (TPSA) is 83.1 Å². The van der Waals surface area contributed by atoms with Crippen LogP contribution in [0.5, 0.6) is 0 Å². The Balaban J connectivity index is 1.22. The molecule has 2 N–H and O–H groups in total. The van der Waals surface area contributed by atoms with E-state index in [9.17, 15) is 9.18 Å². The number of pyridine rings is 1. The van der Waals surface area contributed by atoms with Crippen LogP contribution in [0.1, 0.15) is 29.1 Å². The molecule has 10 heteroatoms. The van der Waals surface area contributed by atoms with Crippen molar-refractivity contribution in [3.63, 3.8) is 0 Å². The Hall–Kier alpha value is -3.34. The molecule has 2 unspecified atom stereocenters. The molecule has 4 heterocycles. The Morgan fingerprint density at radius 1 is 1.13 bits per heavy atom. The van der Waals surface area contributed by atoms with E-state index in [4.69, 9.17) is 4.74 Å². The quantitative estimate of drug-likeness (QED) is 0.276. The molecule has 7 nitrogen and oxygen atoms in total. The van der Waals surface area contributed by atoms with E-state index in [1.54, 1.807) is 48.2 Å². The predicted octanol–water partition coefficient (Wildman–Crippen LogP) is 5.79. The van der Waals surface area contributed by atoms with Gasteiger partial charge in [-0.1, -0.05) is 35.7 Å². The van der Waals surface area contributed by atoms with Gasteiger partial charge in [-0.3, -0.25) is 4.79 Å². The van der Waals surface area contributed by atoms with E-state index in [2.05, 4.69) is 55.5 Å². The summed E-state index contributed by atoms with van der Waals surface area (Å²) >= 11 is 3.44. The van der Waals surface area contributed by atoms with Gasteiger partial charge >= 0.3 is 0 Å². The van der Waals surface area contributed by atoms with Crippen molar-refractivity contribution in [3.05, 3.63) is 94.4 Å². The number of nitrogens with zero attached hydrogens (tertiary/aromatic N) is 3. The largest absolute Gasteiger partial charge is 0.373 e. The average molecular weight is 548 g/mol. The minimum absolute atomic E-state index is 0.103. The lowest BCUT2D eigenvalue weighted by molar-refractivity contribution is 0.0379. The van der Waals surface area contributed by atoms with Gasteiger partial charge in [0.2, 0.25) is 5.56 Å². The normalized spacial score (nSPS) is 17.4. The Labute approximate surface area is 228 Å². The minimum Gasteiger partial charge on any atom is -0.373 e. The number of morpholine rings is 1. The molecule has 0 amide bonds. The van der Waals surface area contributed by atoms with Gasteiger partial charge in [0, 0.05) is 68.7 Å². The molecule has 2 atom stereocenters. The number of rotatable bonds is 6. The van der Waals surface area contributed by atoms with Crippen LogP contribution in [0.4, 0.5) is 15.8 Å². The summed E-state index contributed by atoms with van der Waals surface area (Å²) in [5.41, 5.74) is 3.71. The number of H-pyrrole nitrogens is 1. The first-order valence-electron chi connectivity index (χ1n) is 12.4. The van der Waals surface area contributed by atoms with Crippen molar-refractivity contribution in [2.24, 2.45) is 0 Å². The maximum absolute atomic E-state index is 13.9. The molecule has 0 saturated carbocycles. The highest BCUT2D eigenvalue weighted by molar-refractivity contribution is 8.05. The van der Waals surface area contributed by atoms with E-state index in [1.807, 2.05) is 19.1 Å². The van der Waals surface area contributed by atoms with Crippen LogP contribution >= 0.6 is 23.5 Å². The molecule has 0 radical (unpaired) electrons. The van der Waals surface area contributed by atoms with Crippen molar-refractivity contribution >= 4 is 34.9 Å². The fourth-order valence-electron chi connectivity index (χ4n) is 4.62. The summed E-state index contributed by atoms with van der Waals surface area (Å²) in [5.74, 6) is 0.439. The first kappa shape index (κ1) is 25.0. The second kappa shape index (κ2) is 10.8. The number of hydrogen-bond acceptors (Lipinski definition) is 8. The number of aryl methyl sites for hydroxylation is 1. The van der Waals surface area contributed by atoms with Gasteiger partial charge in [-0.25, -0.2) is 14.4 Å². The minimum atomic E-state index is -0.611. The first-order valence-corrected chi connectivity index (χ1v) is 14.0. The van der Waals surface area contributed by atoms with Crippen molar-refractivity contribution in [1.82, 2.24) is 15.0 Å². The molecule has 1 saturated heterocycles. The first-order chi connectivity index (χ1) is 18.6. The van der Waals surface area contributed by atoms with Crippen LogP contribution in [0.25, 0.3) is 0 Å². The molecule has 0 aliphatic carbocycles. The third-order valence-electron chi connectivity index (χ3n) is 6.53. The third-order valence-corrected chi connectivity index (χ3v) is 9.14. The van der Waals surface area contributed by atoms with Crippen LogP contribution in [0.2, 0.25) is 0 Å². The number of alkyl halides is 1. The molecule has 194 valence electrons. The molecule has 2 aliphatic heterocycles. The second-order valence-electron chi connectivity index (χ2n) is 9.23. The number of benzene rings is 2. The monoisotopic (exact) mass is 547 g/mol. The second-order valence-corrected chi connectivity index (χ2v) is 11.4. The summed E-state index contributed by atoms with van der Waals surface area (Å²) in [7, 11) is 0. The highest BCUT2D eigenvalue weighted by atomic mass is 32.2. The summed E-state index contributed by atoms with van der Waals surface area (Å²) in [6, 6.07) is 15.4. The van der Waals surface area contributed by atoms with Gasteiger partial charge < -0.3 is 19.9 Å². The van der Waals surface area contributed by atoms with Gasteiger partial charge in [0.05, 0.1) is 6.61 Å². The van der Waals surface area contributed by atoms with Crippen molar-refractivity contribution in [1.29, 1.82) is 0 Å². The van der Waals surface area contributed by atoms with Gasteiger partial charge in [0.15, 0.2) is 5.82 Å². The number of hydrogen-bond donors (Lipinski definition) is 2. The Morgan fingerprint density at radius 2 is 2.00 bits per heavy atom. The predicted molar refractivity (Wildman–Crippen MR) is 148 cm³/mol. The summed E-state index contributed by atoms with van der Waals surface area (Å²) in [4.78, 5) is 29.9. The zero-order valence-corrected chi connectivity index (χ0v) is 22.3. The SMILES string of the molecule is Cc1cnc(C(CF)Nc2ccc3c(c2)Sc2cccc(C4CN(c5cc[nH]c(=O)c5)CCO4)c2S3)nc1. The van der Waals surface area contributed by atoms with Gasteiger partial charge in [-0.2, -0.15) is 0 Å². The lowest BCUT2D eigenvalue weighted by Crippen LogP contribution is -2.39. The summed E-state index contributed by atoms with van der Waals surface area (Å²) in [6.45, 7) is 3.30. The molecule has 2 aromatic carbocycles. The van der Waals surface area contributed by atoms with Crippen LogP contribution in [0, 0.1) is 6.92 Å². The summed E-state index contributed by atoms with van der Waals surface area (Å²) < 4.78 is 20.1. The number of halogens is 1. The van der Waals surface area contributed by atoms with Crippen LogP contribution in [-0.2, 0) is 4.74 Å². The molecule has 0 spiro atoms. The highest BCUT2D eigenvalue weighted by Gasteiger charge is 2.28. The van der Waals surface area contributed by atoms with Gasteiger partial charge in [-0.15, -0.1) is 0 Å². The smallest absolute Gasteiger partial charge is 0.249 e.